The van der Waals surface area contributed by atoms with E-state index in [9.17, 15) is 9.59 Å². The predicted octanol–water partition coefficient (Wildman–Crippen LogP) is 2.34. The number of aromatic nitrogens is 1. The number of hydrogen-bond donors (Lipinski definition) is 2. The average molecular weight is 256 g/mol. The Morgan fingerprint density at radius 1 is 1.21 bits per heavy atom. The van der Waals surface area contributed by atoms with Gasteiger partial charge in [0.15, 0.2) is 0 Å². The van der Waals surface area contributed by atoms with Crippen LogP contribution in [0.1, 0.15) is 26.4 Å². The highest BCUT2D eigenvalue weighted by Crippen LogP contribution is 2.17. The number of aromatic carboxylic acids is 1. The van der Waals surface area contributed by atoms with Crippen LogP contribution >= 0.6 is 0 Å². The van der Waals surface area contributed by atoms with Crippen molar-refractivity contribution in [2.24, 2.45) is 0 Å². The van der Waals surface area contributed by atoms with E-state index in [0.717, 1.165) is 5.56 Å². The molecule has 2 rings (SSSR count). The van der Waals surface area contributed by atoms with Crippen molar-refractivity contribution in [3.8, 4) is 0 Å². The molecular weight excluding hydrogens is 244 g/mol. The Morgan fingerprint density at radius 2 is 2.00 bits per heavy atom. The van der Waals surface area contributed by atoms with Crippen LogP contribution in [0.3, 0.4) is 0 Å². The molecule has 5 nitrogen and oxygen atoms in total. The van der Waals surface area contributed by atoms with Crippen LogP contribution in [0, 0.1) is 6.92 Å². The third-order valence-corrected chi connectivity index (χ3v) is 2.63. The van der Waals surface area contributed by atoms with Gasteiger partial charge in [0.2, 0.25) is 0 Å². The molecular formula is C14H12N2O3. The van der Waals surface area contributed by atoms with Crippen molar-refractivity contribution in [3.05, 3.63) is 59.4 Å². The number of carbonyl (C=O) groups excluding carboxylic acids is 1. The highest BCUT2D eigenvalue weighted by molar-refractivity contribution is 6.03. The molecule has 19 heavy (non-hydrogen) atoms. The van der Waals surface area contributed by atoms with Gasteiger partial charge >= 0.3 is 5.97 Å². The van der Waals surface area contributed by atoms with Crippen LogP contribution in [0.4, 0.5) is 5.69 Å². The van der Waals surface area contributed by atoms with E-state index in [1.807, 2.05) is 0 Å². The largest absolute Gasteiger partial charge is 0.478 e. The van der Waals surface area contributed by atoms with E-state index in [2.05, 4.69) is 10.3 Å². The van der Waals surface area contributed by atoms with Crippen LogP contribution < -0.4 is 5.32 Å². The second kappa shape index (κ2) is 5.30. The number of rotatable bonds is 3. The fraction of sp³-hybridized carbons (Fsp3) is 0.0714. The lowest BCUT2D eigenvalue weighted by molar-refractivity contribution is 0.0696. The average Bonchev–Trinajstić information content (AvgIpc) is 2.42. The van der Waals surface area contributed by atoms with Gasteiger partial charge in [0.05, 0.1) is 5.56 Å². The molecule has 0 saturated carbocycles. The van der Waals surface area contributed by atoms with Gasteiger partial charge in [0.25, 0.3) is 5.91 Å². The minimum absolute atomic E-state index is 0.127. The Kier molecular flexibility index (Phi) is 3.56. The molecule has 0 bridgehead atoms. The van der Waals surface area contributed by atoms with Crippen molar-refractivity contribution < 1.29 is 14.7 Å². The number of anilines is 1. The van der Waals surface area contributed by atoms with Crippen molar-refractivity contribution >= 4 is 17.6 Å². The SMILES string of the molecule is Cc1ccc(C(=O)O)cc1NC(=O)c1ccccn1. The highest BCUT2D eigenvalue weighted by atomic mass is 16.4. The Labute approximate surface area is 109 Å². The summed E-state index contributed by atoms with van der Waals surface area (Å²) in [4.78, 5) is 26.8. The van der Waals surface area contributed by atoms with Crippen molar-refractivity contribution in [2.45, 2.75) is 6.92 Å². The van der Waals surface area contributed by atoms with E-state index < -0.39 is 5.97 Å². The summed E-state index contributed by atoms with van der Waals surface area (Å²) in [5, 5.41) is 11.6. The molecule has 1 aromatic carbocycles. The lowest BCUT2D eigenvalue weighted by Crippen LogP contribution is -2.14. The van der Waals surface area contributed by atoms with Gasteiger partial charge in [-0.1, -0.05) is 12.1 Å². The number of amides is 1. The lowest BCUT2D eigenvalue weighted by atomic mass is 10.1. The molecule has 0 aliphatic rings. The van der Waals surface area contributed by atoms with Gasteiger partial charge in [0.1, 0.15) is 5.69 Å². The summed E-state index contributed by atoms with van der Waals surface area (Å²) in [6.45, 7) is 1.79. The van der Waals surface area contributed by atoms with Crippen LogP contribution in [-0.2, 0) is 0 Å². The number of aryl methyl sites for hydroxylation is 1. The summed E-state index contributed by atoms with van der Waals surface area (Å²) in [6, 6.07) is 9.59. The molecule has 0 saturated heterocycles. The standard InChI is InChI=1S/C14H12N2O3/c1-9-5-6-10(14(18)19)8-12(9)16-13(17)11-4-2-3-7-15-11/h2-8H,1H3,(H,16,17)(H,18,19). The molecule has 1 amide bonds. The van der Waals surface area contributed by atoms with Gasteiger partial charge in [-0.3, -0.25) is 9.78 Å². The normalized spacial score (nSPS) is 9.95. The van der Waals surface area contributed by atoms with Crippen LogP contribution in [0.25, 0.3) is 0 Å². The fourth-order valence-electron chi connectivity index (χ4n) is 1.57. The van der Waals surface area contributed by atoms with Crippen LogP contribution in [0.5, 0.6) is 0 Å². The van der Waals surface area contributed by atoms with Gasteiger partial charge < -0.3 is 10.4 Å². The molecule has 0 spiro atoms. The van der Waals surface area contributed by atoms with Crippen LogP contribution in [-0.4, -0.2) is 22.0 Å². The van der Waals surface area contributed by atoms with E-state index in [4.69, 9.17) is 5.11 Å². The van der Waals surface area contributed by atoms with Crippen LogP contribution in [0.2, 0.25) is 0 Å². The van der Waals surface area contributed by atoms with Gasteiger partial charge in [-0.15, -0.1) is 0 Å². The number of carbonyl (C=O) groups is 2. The topological polar surface area (TPSA) is 79.3 Å². The molecule has 2 aromatic rings. The number of carboxylic acids is 1. The Balaban J connectivity index is 2.26. The molecule has 0 fully saturated rings. The first-order valence-electron chi connectivity index (χ1n) is 5.64. The van der Waals surface area contributed by atoms with E-state index in [-0.39, 0.29) is 17.2 Å². The first kappa shape index (κ1) is 12.8. The number of benzene rings is 1. The summed E-state index contributed by atoms with van der Waals surface area (Å²) in [6.07, 6.45) is 1.52. The number of hydrogen-bond acceptors (Lipinski definition) is 3. The summed E-state index contributed by atoms with van der Waals surface area (Å²) in [7, 11) is 0. The minimum atomic E-state index is -1.03. The zero-order valence-corrected chi connectivity index (χ0v) is 10.3. The third kappa shape index (κ3) is 2.95. The van der Waals surface area contributed by atoms with Gasteiger partial charge in [0, 0.05) is 11.9 Å². The number of nitrogens with zero attached hydrogens (tertiary/aromatic N) is 1. The molecule has 5 heteroatoms. The number of nitrogens with one attached hydrogen (secondary N) is 1. The zero-order valence-electron chi connectivity index (χ0n) is 10.3. The van der Waals surface area contributed by atoms with E-state index in [1.165, 1.54) is 18.3 Å². The zero-order chi connectivity index (χ0) is 13.8. The molecule has 1 aromatic heterocycles. The number of carboxylic acid groups (broad SMARTS) is 1. The van der Waals surface area contributed by atoms with Gasteiger partial charge in [-0.25, -0.2) is 4.79 Å². The molecule has 2 N–H and O–H groups in total. The predicted molar refractivity (Wildman–Crippen MR) is 70.3 cm³/mol. The summed E-state index contributed by atoms with van der Waals surface area (Å²) in [5.74, 6) is -1.40. The van der Waals surface area contributed by atoms with E-state index in [1.54, 1.807) is 31.2 Å². The molecule has 0 radical (unpaired) electrons. The Hall–Kier alpha value is -2.69. The first-order chi connectivity index (χ1) is 9.08. The Morgan fingerprint density at radius 3 is 2.63 bits per heavy atom. The fourth-order valence-corrected chi connectivity index (χ4v) is 1.57. The third-order valence-electron chi connectivity index (χ3n) is 2.63. The maximum Gasteiger partial charge on any atom is 0.335 e. The molecule has 0 aliphatic heterocycles. The van der Waals surface area contributed by atoms with Crippen molar-refractivity contribution in [1.82, 2.24) is 4.98 Å². The smallest absolute Gasteiger partial charge is 0.335 e. The minimum Gasteiger partial charge on any atom is -0.478 e. The highest BCUT2D eigenvalue weighted by Gasteiger charge is 2.11. The van der Waals surface area contributed by atoms with E-state index in [0.29, 0.717) is 5.69 Å². The monoisotopic (exact) mass is 256 g/mol. The maximum atomic E-state index is 11.9. The Bertz CT molecular complexity index is 624. The first-order valence-corrected chi connectivity index (χ1v) is 5.64. The molecule has 1 heterocycles. The van der Waals surface area contributed by atoms with Crippen molar-refractivity contribution in [3.63, 3.8) is 0 Å². The lowest BCUT2D eigenvalue weighted by Gasteiger charge is -2.08. The molecule has 96 valence electrons. The molecule has 0 aliphatic carbocycles. The summed E-state index contributed by atoms with van der Waals surface area (Å²) >= 11 is 0. The van der Waals surface area contributed by atoms with E-state index >= 15 is 0 Å². The second-order valence-electron chi connectivity index (χ2n) is 4.00. The molecule has 0 atom stereocenters. The quantitative estimate of drug-likeness (QED) is 0.883. The summed E-state index contributed by atoms with van der Waals surface area (Å²) in [5.41, 5.74) is 1.66. The van der Waals surface area contributed by atoms with Crippen LogP contribution in [0.15, 0.2) is 42.6 Å². The second-order valence-corrected chi connectivity index (χ2v) is 4.00. The maximum absolute atomic E-state index is 11.9. The summed E-state index contributed by atoms with van der Waals surface area (Å²) < 4.78 is 0. The van der Waals surface area contributed by atoms with Crippen molar-refractivity contribution in [2.75, 3.05) is 5.32 Å². The number of pyridine rings is 1. The van der Waals surface area contributed by atoms with Gasteiger partial charge in [-0.2, -0.15) is 0 Å². The van der Waals surface area contributed by atoms with Crippen molar-refractivity contribution in [1.29, 1.82) is 0 Å². The molecule has 0 unspecified atom stereocenters. The van der Waals surface area contributed by atoms with Gasteiger partial charge in [-0.05, 0) is 36.8 Å².